The van der Waals surface area contributed by atoms with Gasteiger partial charge in [0.2, 0.25) is 0 Å². The summed E-state index contributed by atoms with van der Waals surface area (Å²) in [6.45, 7) is 2.87. The standard InChI is InChI=1S/C20H19N5O2S/c1-2-24-19(11-15-12-21-18-6-4-3-5-17(15)18)22-23-20(24)28-13-14-7-9-16(10-8-14)25(26)27/h3-10,12,21H,2,11,13H2,1H3. The van der Waals surface area contributed by atoms with Crippen molar-refractivity contribution in [3.05, 3.63) is 81.8 Å². The number of hydrogen-bond donors (Lipinski definition) is 1. The van der Waals surface area contributed by atoms with Gasteiger partial charge in [0.05, 0.1) is 4.92 Å². The number of aromatic nitrogens is 4. The molecule has 0 amide bonds. The van der Waals surface area contributed by atoms with E-state index in [1.165, 1.54) is 23.1 Å². The van der Waals surface area contributed by atoms with E-state index < -0.39 is 0 Å². The largest absolute Gasteiger partial charge is 0.361 e. The van der Waals surface area contributed by atoms with Gasteiger partial charge in [-0.15, -0.1) is 10.2 Å². The van der Waals surface area contributed by atoms with Crippen LogP contribution in [0.4, 0.5) is 5.69 Å². The van der Waals surface area contributed by atoms with E-state index in [4.69, 9.17) is 0 Å². The summed E-state index contributed by atoms with van der Waals surface area (Å²) in [6.07, 6.45) is 2.74. The summed E-state index contributed by atoms with van der Waals surface area (Å²) in [5.74, 6) is 1.61. The Kier molecular flexibility index (Phi) is 5.12. The van der Waals surface area contributed by atoms with E-state index in [1.807, 2.05) is 18.3 Å². The summed E-state index contributed by atoms with van der Waals surface area (Å²) >= 11 is 1.59. The van der Waals surface area contributed by atoms with Crippen molar-refractivity contribution in [1.82, 2.24) is 19.7 Å². The molecule has 2 heterocycles. The van der Waals surface area contributed by atoms with Crippen LogP contribution in [-0.4, -0.2) is 24.7 Å². The van der Waals surface area contributed by atoms with Crippen molar-refractivity contribution in [2.45, 2.75) is 30.8 Å². The zero-order valence-corrected chi connectivity index (χ0v) is 16.1. The molecular weight excluding hydrogens is 374 g/mol. The Morgan fingerprint density at radius 1 is 1.14 bits per heavy atom. The van der Waals surface area contributed by atoms with Crippen molar-refractivity contribution in [3.8, 4) is 0 Å². The number of aromatic amines is 1. The Balaban J connectivity index is 1.50. The first kappa shape index (κ1) is 18.2. The number of rotatable bonds is 7. The lowest BCUT2D eigenvalue weighted by Gasteiger charge is -2.07. The Hall–Kier alpha value is -3.13. The molecule has 0 spiro atoms. The monoisotopic (exact) mass is 393 g/mol. The molecule has 0 saturated carbocycles. The number of non-ortho nitro benzene ring substituents is 1. The fraction of sp³-hybridized carbons (Fsp3) is 0.200. The maximum absolute atomic E-state index is 10.8. The van der Waals surface area contributed by atoms with Crippen LogP contribution in [0, 0.1) is 10.1 Å². The summed E-state index contributed by atoms with van der Waals surface area (Å²) in [4.78, 5) is 13.7. The molecule has 2 aromatic heterocycles. The number of nitrogens with one attached hydrogen (secondary N) is 1. The normalized spacial score (nSPS) is 11.2. The van der Waals surface area contributed by atoms with Crippen LogP contribution in [0.3, 0.4) is 0 Å². The molecule has 0 radical (unpaired) electrons. The van der Waals surface area contributed by atoms with Crippen molar-refractivity contribution in [1.29, 1.82) is 0 Å². The first-order chi connectivity index (χ1) is 13.7. The van der Waals surface area contributed by atoms with E-state index in [-0.39, 0.29) is 10.6 Å². The van der Waals surface area contributed by atoms with E-state index in [0.717, 1.165) is 28.6 Å². The topological polar surface area (TPSA) is 89.6 Å². The maximum Gasteiger partial charge on any atom is 0.269 e. The number of nitro benzene ring substituents is 1. The second-order valence-electron chi connectivity index (χ2n) is 6.39. The number of thioether (sulfide) groups is 1. The van der Waals surface area contributed by atoms with Gasteiger partial charge in [0.1, 0.15) is 5.82 Å². The highest BCUT2D eigenvalue weighted by Gasteiger charge is 2.14. The molecule has 28 heavy (non-hydrogen) atoms. The molecule has 0 aliphatic heterocycles. The minimum atomic E-state index is -0.387. The van der Waals surface area contributed by atoms with E-state index >= 15 is 0 Å². The lowest BCUT2D eigenvalue weighted by Crippen LogP contribution is -2.04. The molecule has 0 bridgehead atoms. The molecule has 2 aromatic carbocycles. The molecule has 0 aliphatic rings. The van der Waals surface area contributed by atoms with Crippen molar-refractivity contribution >= 4 is 28.4 Å². The van der Waals surface area contributed by atoms with Crippen molar-refractivity contribution in [3.63, 3.8) is 0 Å². The molecule has 0 fully saturated rings. The highest BCUT2D eigenvalue weighted by molar-refractivity contribution is 7.98. The van der Waals surface area contributed by atoms with Gasteiger partial charge in [0.15, 0.2) is 5.16 Å². The highest BCUT2D eigenvalue weighted by Crippen LogP contribution is 2.25. The Bertz CT molecular complexity index is 1120. The molecule has 0 unspecified atom stereocenters. The predicted octanol–water partition coefficient (Wildman–Crippen LogP) is 4.57. The molecule has 142 valence electrons. The summed E-state index contributed by atoms with van der Waals surface area (Å²) in [7, 11) is 0. The van der Waals surface area contributed by atoms with Crippen LogP contribution >= 0.6 is 11.8 Å². The number of para-hydroxylation sites is 1. The lowest BCUT2D eigenvalue weighted by molar-refractivity contribution is -0.384. The van der Waals surface area contributed by atoms with Gasteiger partial charge in [-0.2, -0.15) is 0 Å². The van der Waals surface area contributed by atoms with Crippen LogP contribution in [0.1, 0.15) is 23.9 Å². The van der Waals surface area contributed by atoms with E-state index in [9.17, 15) is 10.1 Å². The predicted molar refractivity (Wildman–Crippen MR) is 109 cm³/mol. The van der Waals surface area contributed by atoms with Crippen molar-refractivity contribution in [2.24, 2.45) is 0 Å². The SMILES string of the molecule is CCn1c(Cc2c[nH]c3ccccc23)nnc1SCc1ccc([N+](=O)[O-])cc1. The number of nitro groups is 1. The molecule has 1 N–H and O–H groups in total. The summed E-state index contributed by atoms with van der Waals surface area (Å²) in [5.41, 5.74) is 3.43. The van der Waals surface area contributed by atoms with Crippen molar-refractivity contribution in [2.75, 3.05) is 0 Å². The third-order valence-electron chi connectivity index (χ3n) is 4.65. The van der Waals surface area contributed by atoms with Crippen LogP contribution in [0.25, 0.3) is 10.9 Å². The second kappa shape index (κ2) is 7.85. The smallest absolute Gasteiger partial charge is 0.269 e. The Labute approximate surface area is 165 Å². The lowest BCUT2D eigenvalue weighted by atomic mass is 10.1. The third kappa shape index (κ3) is 3.63. The van der Waals surface area contributed by atoms with Crippen LogP contribution in [0.2, 0.25) is 0 Å². The van der Waals surface area contributed by atoms with Gasteiger partial charge in [0.25, 0.3) is 5.69 Å². The van der Waals surface area contributed by atoms with Crippen LogP contribution in [-0.2, 0) is 18.7 Å². The van der Waals surface area contributed by atoms with Gasteiger partial charge < -0.3 is 9.55 Å². The van der Waals surface area contributed by atoms with Gasteiger partial charge in [-0.05, 0) is 24.1 Å². The molecule has 8 heteroatoms. The average Bonchev–Trinajstić information content (AvgIpc) is 3.31. The summed E-state index contributed by atoms with van der Waals surface area (Å²) in [5, 5.41) is 21.6. The van der Waals surface area contributed by atoms with Gasteiger partial charge in [0, 0.05) is 48.0 Å². The van der Waals surface area contributed by atoms with E-state index in [1.54, 1.807) is 23.9 Å². The average molecular weight is 393 g/mol. The Morgan fingerprint density at radius 3 is 2.68 bits per heavy atom. The third-order valence-corrected chi connectivity index (χ3v) is 5.69. The number of benzene rings is 2. The maximum atomic E-state index is 10.8. The Morgan fingerprint density at radius 2 is 1.93 bits per heavy atom. The second-order valence-corrected chi connectivity index (χ2v) is 7.33. The molecule has 0 aliphatic carbocycles. The van der Waals surface area contributed by atoms with Crippen LogP contribution in [0.5, 0.6) is 0 Å². The number of fused-ring (bicyclic) bond motifs is 1. The number of nitrogens with zero attached hydrogens (tertiary/aromatic N) is 4. The zero-order chi connectivity index (χ0) is 19.5. The van der Waals surface area contributed by atoms with Crippen molar-refractivity contribution < 1.29 is 4.92 Å². The molecule has 0 saturated heterocycles. The van der Waals surface area contributed by atoms with E-state index in [2.05, 4.69) is 38.8 Å². The molecule has 0 atom stereocenters. The van der Waals surface area contributed by atoms with E-state index in [0.29, 0.717) is 12.2 Å². The first-order valence-corrected chi connectivity index (χ1v) is 9.97. The fourth-order valence-electron chi connectivity index (χ4n) is 3.18. The minimum absolute atomic E-state index is 0.103. The first-order valence-electron chi connectivity index (χ1n) is 8.99. The van der Waals surface area contributed by atoms with Gasteiger partial charge >= 0.3 is 0 Å². The van der Waals surface area contributed by atoms with Gasteiger partial charge in [-0.3, -0.25) is 10.1 Å². The molecular formula is C20H19N5O2S. The minimum Gasteiger partial charge on any atom is -0.361 e. The fourth-order valence-corrected chi connectivity index (χ4v) is 4.16. The summed E-state index contributed by atoms with van der Waals surface area (Å²) < 4.78 is 2.12. The highest BCUT2D eigenvalue weighted by atomic mass is 32.2. The van der Waals surface area contributed by atoms with Gasteiger partial charge in [-0.1, -0.05) is 42.1 Å². The van der Waals surface area contributed by atoms with Crippen LogP contribution in [0.15, 0.2) is 59.9 Å². The molecule has 7 nitrogen and oxygen atoms in total. The number of hydrogen-bond acceptors (Lipinski definition) is 5. The number of H-pyrrole nitrogens is 1. The molecule has 4 rings (SSSR count). The summed E-state index contributed by atoms with van der Waals surface area (Å²) in [6, 6.07) is 14.9. The molecule has 4 aromatic rings. The quantitative estimate of drug-likeness (QED) is 0.282. The van der Waals surface area contributed by atoms with Crippen LogP contribution < -0.4 is 0 Å². The zero-order valence-electron chi connectivity index (χ0n) is 15.3. The van der Waals surface area contributed by atoms with Gasteiger partial charge in [-0.25, -0.2) is 0 Å².